The van der Waals surface area contributed by atoms with Crippen molar-refractivity contribution in [1.29, 1.82) is 0 Å². The van der Waals surface area contributed by atoms with Crippen LogP contribution in [-0.4, -0.2) is 23.6 Å². The molecule has 139 valence electrons. The van der Waals surface area contributed by atoms with Crippen LogP contribution < -0.4 is 21.7 Å². The molecule has 0 unspecified atom stereocenters. The molecule has 2 aromatic carbocycles. The number of nitrogens with two attached hydrogens (primary N) is 1. The molecule has 0 aromatic heterocycles. The first-order chi connectivity index (χ1) is 12.8. The largest absolute Gasteiger partial charge is 0.399 e. The van der Waals surface area contributed by atoms with E-state index in [0.717, 1.165) is 0 Å². The molecule has 0 saturated heterocycles. The normalized spacial score (nSPS) is 10.0. The molecule has 0 aliphatic rings. The van der Waals surface area contributed by atoms with Crippen LogP contribution in [0.1, 0.15) is 41.0 Å². The highest BCUT2D eigenvalue weighted by atomic mass is 16.2. The summed E-state index contributed by atoms with van der Waals surface area (Å²) in [6.45, 7) is 2.87. The molecule has 0 spiro atoms. The van der Waals surface area contributed by atoms with Crippen molar-refractivity contribution < 1.29 is 19.2 Å². The molecule has 0 aliphatic heterocycles. The summed E-state index contributed by atoms with van der Waals surface area (Å²) in [5, 5.41) is 7.43. The van der Waals surface area contributed by atoms with Gasteiger partial charge in [0.25, 0.3) is 11.8 Å². The fraction of sp³-hybridized carbons (Fsp3) is 0.158. The van der Waals surface area contributed by atoms with E-state index in [1.54, 1.807) is 25.1 Å². The zero-order valence-corrected chi connectivity index (χ0v) is 14.9. The molecule has 0 heterocycles. The number of rotatable bonds is 5. The number of carbonyl (C=O) groups is 4. The van der Waals surface area contributed by atoms with Gasteiger partial charge in [0.15, 0.2) is 0 Å². The smallest absolute Gasteiger partial charge is 0.259 e. The van der Waals surface area contributed by atoms with Crippen molar-refractivity contribution in [3.05, 3.63) is 53.6 Å². The van der Waals surface area contributed by atoms with Gasteiger partial charge in [-0.1, -0.05) is 13.0 Å². The summed E-state index contributed by atoms with van der Waals surface area (Å²) in [5.41, 5.74) is 7.35. The van der Waals surface area contributed by atoms with Crippen LogP contribution in [0, 0.1) is 6.07 Å². The monoisotopic (exact) mass is 367 g/mol. The highest BCUT2D eigenvalue weighted by molar-refractivity contribution is 6.08. The van der Waals surface area contributed by atoms with Gasteiger partial charge in [0.1, 0.15) is 0 Å². The van der Waals surface area contributed by atoms with Crippen molar-refractivity contribution in [3.63, 3.8) is 0 Å². The minimum atomic E-state index is -0.592. The Balaban J connectivity index is 2.31. The molecule has 27 heavy (non-hydrogen) atoms. The molecule has 1 radical (unpaired) electrons. The highest BCUT2D eigenvalue weighted by Gasteiger charge is 2.15. The van der Waals surface area contributed by atoms with Gasteiger partial charge in [-0.25, -0.2) is 0 Å². The van der Waals surface area contributed by atoms with Gasteiger partial charge >= 0.3 is 0 Å². The summed E-state index contributed by atoms with van der Waals surface area (Å²) in [4.78, 5) is 46.8. The van der Waals surface area contributed by atoms with Crippen LogP contribution >= 0.6 is 0 Å². The maximum Gasteiger partial charge on any atom is 0.259 e. The molecule has 0 atom stereocenters. The van der Waals surface area contributed by atoms with Crippen LogP contribution in [0.5, 0.6) is 0 Å². The first kappa shape index (κ1) is 19.6. The fourth-order valence-electron chi connectivity index (χ4n) is 2.25. The van der Waals surface area contributed by atoms with E-state index in [1.807, 2.05) is 0 Å². The predicted molar refractivity (Wildman–Crippen MR) is 100 cm³/mol. The van der Waals surface area contributed by atoms with E-state index >= 15 is 0 Å². The molecule has 2 aromatic rings. The number of carbonyl (C=O) groups excluding carboxylic acids is 4. The SMILES string of the molecule is CCC(=O)NC(=O)c1c[c]ccc1Nc1cc(N)cc(C(=O)NC(C)=O)c1. The maximum absolute atomic E-state index is 12.3. The van der Waals surface area contributed by atoms with Crippen LogP contribution in [-0.2, 0) is 9.59 Å². The third-order valence-electron chi connectivity index (χ3n) is 3.47. The number of nitrogens with one attached hydrogen (secondary N) is 3. The number of hydrogen-bond acceptors (Lipinski definition) is 6. The topological polar surface area (TPSA) is 130 Å². The highest BCUT2D eigenvalue weighted by Crippen LogP contribution is 2.24. The Hall–Kier alpha value is -3.68. The molecule has 0 saturated carbocycles. The summed E-state index contributed by atoms with van der Waals surface area (Å²) in [5.74, 6) is -2.05. The number of benzene rings is 2. The Morgan fingerprint density at radius 1 is 1.07 bits per heavy atom. The molecule has 0 bridgehead atoms. The summed E-state index contributed by atoms with van der Waals surface area (Å²) >= 11 is 0. The molecule has 8 heteroatoms. The van der Waals surface area contributed by atoms with Gasteiger partial charge in [0, 0.05) is 30.3 Å². The van der Waals surface area contributed by atoms with Gasteiger partial charge in [-0.05, 0) is 36.4 Å². The Kier molecular flexibility index (Phi) is 6.27. The zero-order chi connectivity index (χ0) is 20.0. The Bertz CT molecular complexity index is 908. The number of anilines is 3. The van der Waals surface area contributed by atoms with Crippen LogP contribution in [0.4, 0.5) is 17.1 Å². The average molecular weight is 367 g/mol. The van der Waals surface area contributed by atoms with Crippen molar-refractivity contribution in [3.8, 4) is 0 Å². The van der Waals surface area contributed by atoms with Crippen LogP contribution in [0.25, 0.3) is 0 Å². The lowest BCUT2D eigenvalue weighted by molar-refractivity contribution is -0.120. The molecule has 2 rings (SSSR count). The second-order valence-electron chi connectivity index (χ2n) is 5.68. The number of hydrogen-bond donors (Lipinski definition) is 4. The lowest BCUT2D eigenvalue weighted by Crippen LogP contribution is -2.30. The number of amides is 4. The van der Waals surface area contributed by atoms with Crippen LogP contribution in [0.2, 0.25) is 0 Å². The van der Waals surface area contributed by atoms with E-state index in [4.69, 9.17) is 5.73 Å². The fourth-order valence-corrected chi connectivity index (χ4v) is 2.25. The van der Waals surface area contributed by atoms with Crippen molar-refractivity contribution in [1.82, 2.24) is 10.6 Å². The second-order valence-corrected chi connectivity index (χ2v) is 5.68. The van der Waals surface area contributed by atoms with Crippen molar-refractivity contribution in [2.75, 3.05) is 11.1 Å². The van der Waals surface area contributed by atoms with E-state index in [-0.39, 0.29) is 17.5 Å². The standard InChI is InChI=1S/C19H19N4O4/c1-3-17(25)23-19(27)15-6-4-5-7-16(15)22-14-9-12(8-13(20)10-14)18(26)21-11(2)24/h5-10,22H,3,20H2,1-2H3,(H,21,24,26)(H,23,25,27). The first-order valence-electron chi connectivity index (χ1n) is 8.14. The average Bonchev–Trinajstić information content (AvgIpc) is 2.60. The van der Waals surface area contributed by atoms with Crippen molar-refractivity contribution in [2.45, 2.75) is 20.3 Å². The predicted octanol–water partition coefficient (Wildman–Crippen LogP) is 1.76. The zero-order valence-electron chi connectivity index (χ0n) is 14.9. The second kappa shape index (κ2) is 8.61. The van der Waals surface area contributed by atoms with E-state index in [2.05, 4.69) is 22.0 Å². The lowest BCUT2D eigenvalue weighted by atomic mass is 10.1. The third kappa shape index (κ3) is 5.40. The van der Waals surface area contributed by atoms with E-state index in [9.17, 15) is 19.2 Å². The Morgan fingerprint density at radius 2 is 1.81 bits per heavy atom. The molecule has 4 amide bonds. The molecular weight excluding hydrogens is 348 g/mol. The summed E-state index contributed by atoms with van der Waals surface area (Å²) in [6, 6.07) is 11.9. The Morgan fingerprint density at radius 3 is 2.48 bits per heavy atom. The molecule has 0 aliphatic carbocycles. The van der Waals surface area contributed by atoms with Gasteiger partial charge in [0.2, 0.25) is 11.8 Å². The van der Waals surface area contributed by atoms with E-state index < -0.39 is 23.6 Å². The van der Waals surface area contributed by atoms with Gasteiger partial charge in [-0.3, -0.25) is 29.8 Å². The van der Waals surface area contributed by atoms with Crippen molar-refractivity contribution in [2.24, 2.45) is 0 Å². The Labute approximate surface area is 156 Å². The summed E-state index contributed by atoms with van der Waals surface area (Å²) in [6.07, 6.45) is 0.175. The quantitative estimate of drug-likeness (QED) is 0.596. The van der Waals surface area contributed by atoms with Gasteiger partial charge in [-0.2, -0.15) is 0 Å². The molecule has 5 N–H and O–H groups in total. The maximum atomic E-state index is 12.3. The van der Waals surface area contributed by atoms with Crippen molar-refractivity contribution >= 4 is 40.7 Å². The minimum absolute atomic E-state index is 0.175. The van der Waals surface area contributed by atoms with Gasteiger partial charge in [0.05, 0.1) is 11.3 Å². The first-order valence-corrected chi connectivity index (χ1v) is 8.14. The van der Waals surface area contributed by atoms with Crippen LogP contribution in [0.15, 0.2) is 36.4 Å². The van der Waals surface area contributed by atoms with Crippen LogP contribution in [0.3, 0.4) is 0 Å². The van der Waals surface area contributed by atoms with E-state index in [0.29, 0.717) is 17.1 Å². The summed E-state index contributed by atoms with van der Waals surface area (Å²) < 4.78 is 0. The van der Waals surface area contributed by atoms with Gasteiger partial charge in [-0.15, -0.1) is 0 Å². The van der Waals surface area contributed by atoms with E-state index in [1.165, 1.54) is 25.1 Å². The molecule has 8 nitrogen and oxygen atoms in total. The third-order valence-corrected chi connectivity index (χ3v) is 3.47. The molecule has 0 fully saturated rings. The lowest BCUT2D eigenvalue weighted by Gasteiger charge is -2.13. The number of imide groups is 2. The molecular formula is C19H19N4O4. The number of nitrogen functional groups attached to an aromatic ring is 1. The van der Waals surface area contributed by atoms with Gasteiger partial charge < -0.3 is 11.1 Å². The minimum Gasteiger partial charge on any atom is -0.399 e. The summed E-state index contributed by atoms with van der Waals surface area (Å²) in [7, 11) is 0.